The van der Waals surface area contributed by atoms with E-state index in [0.29, 0.717) is 6.54 Å². The molecular formula is C20H23F3N2O. The van der Waals surface area contributed by atoms with Crippen molar-refractivity contribution in [3.63, 3.8) is 0 Å². The smallest absolute Gasteiger partial charge is 0.416 e. The molecule has 0 unspecified atom stereocenters. The third-order valence-electron chi connectivity index (χ3n) is 4.74. The maximum atomic E-state index is 12.6. The van der Waals surface area contributed by atoms with Crippen LogP contribution in [0.1, 0.15) is 16.7 Å². The number of benzene rings is 2. The number of alkyl halides is 3. The molecule has 0 atom stereocenters. The summed E-state index contributed by atoms with van der Waals surface area (Å²) in [5.41, 5.74) is 1.49. The van der Waals surface area contributed by atoms with Gasteiger partial charge in [-0.3, -0.25) is 9.80 Å². The Morgan fingerprint density at radius 2 is 1.42 bits per heavy atom. The molecule has 3 nitrogen and oxygen atoms in total. The Morgan fingerprint density at radius 3 is 2.00 bits per heavy atom. The number of piperazine rings is 1. The fraction of sp³-hybridized carbons (Fsp3) is 0.400. The van der Waals surface area contributed by atoms with Gasteiger partial charge >= 0.3 is 6.18 Å². The molecule has 0 aromatic heterocycles. The van der Waals surface area contributed by atoms with E-state index in [0.717, 1.165) is 56.2 Å². The largest absolute Gasteiger partial charge is 0.496 e. The van der Waals surface area contributed by atoms with E-state index >= 15 is 0 Å². The second-order valence-corrected chi connectivity index (χ2v) is 6.56. The van der Waals surface area contributed by atoms with Gasteiger partial charge in [-0.05, 0) is 23.8 Å². The Morgan fingerprint density at radius 1 is 0.846 bits per heavy atom. The molecule has 1 saturated heterocycles. The van der Waals surface area contributed by atoms with Crippen molar-refractivity contribution >= 4 is 0 Å². The van der Waals surface area contributed by atoms with Crippen LogP contribution in [0.15, 0.2) is 48.5 Å². The van der Waals surface area contributed by atoms with E-state index in [1.807, 2.05) is 18.2 Å². The first-order valence-corrected chi connectivity index (χ1v) is 8.68. The summed E-state index contributed by atoms with van der Waals surface area (Å²) in [7, 11) is 1.68. The lowest BCUT2D eigenvalue weighted by Crippen LogP contribution is -2.45. The average Bonchev–Trinajstić information content (AvgIpc) is 2.63. The standard InChI is InChI=1S/C20H23F3N2O/c1-26-19-5-3-2-4-17(19)15-25-12-10-24(11-13-25)14-16-6-8-18(9-7-16)20(21,22)23/h2-9H,10-15H2,1H3. The number of methoxy groups -OCH3 is 1. The maximum Gasteiger partial charge on any atom is 0.416 e. The van der Waals surface area contributed by atoms with E-state index < -0.39 is 11.7 Å². The van der Waals surface area contributed by atoms with E-state index in [2.05, 4.69) is 15.9 Å². The van der Waals surface area contributed by atoms with Crippen LogP contribution in [0, 0.1) is 0 Å². The molecule has 1 fully saturated rings. The van der Waals surface area contributed by atoms with E-state index in [1.54, 1.807) is 19.2 Å². The molecule has 2 aromatic rings. The highest BCUT2D eigenvalue weighted by Gasteiger charge is 2.30. The third-order valence-corrected chi connectivity index (χ3v) is 4.74. The van der Waals surface area contributed by atoms with Crippen molar-refractivity contribution in [2.24, 2.45) is 0 Å². The molecule has 26 heavy (non-hydrogen) atoms. The number of hydrogen-bond donors (Lipinski definition) is 0. The SMILES string of the molecule is COc1ccccc1CN1CCN(Cc2ccc(C(F)(F)F)cc2)CC1. The van der Waals surface area contributed by atoms with E-state index in [1.165, 1.54) is 5.56 Å². The van der Waals surface area contributed by atoms with Crippen LogP contribution in [0.3, 0.4) is 0 Å². The minimum absolute atomic E-state index is 0.595. The Hall–Kier alpha value is -2.05. The molecule has 0 saturated carbocycles. The number of hydrogen-bond acceptors (Lipinski definition) is 3. The van der Waals surface area contributed by atoms with Crippen LogP contribution in [-0.2, 0) is 19.3 Å². The second-order valence-electron chi connectivity index (χ2n) is 6.56. The first kappa shape index (κ1) is 18.7. The van der Waals surface area contributed by atoms with Crippen LogP contribution in [-0.4, -0.2) is 43.1 Å². The topological polar surface area (TPSA) is 15.7 Å². The lowest BCUT2D eigenvalue weighted by atomic mass is 10.1. The first-order valence-electron chi connectivity index (χ1n) is 8.68. The Labute approximate surface area is 152 Å². The first-order chi connectivity index (χ1) is 12.5. The van der Waals surface area contributed by atoms with E-state index in [-0.39, 0.29) is 0 Å². The van der Waals surface area contributed by atoms with Crippen molar-refractivity contribution in [2.75, 3.05) is 33.3 Å². The number of nitrogens with zero attached hydrogens (tertiary/aromatic N) is 2. The van der Waals surface area contributed by atoms with Gasteiger partial charge in [-0.25, -0.2) is 0 Å². The van der Waals surface area contributed by atoms with Crippen LogP contribution in [0.25, 0.3) is 0 Å². The molecule has 0 spiro atoms. The zero-order chi connectivity index (χ0) is 18.6. The van der Waals surface area contributed by atoms with Crippen LogP contribution in [0.4, 0.5) is 13.2 Å². The fourth-order valence-electron chi connectivity index (χ4n) is 3.24. The zero-order valence-corrected chi connectivity index (χ0v) is 14.8. The molecule has 2 aromatic carbocycles. The predicted octanol–water partition coefficient (Wildman–Crippen LogP) is 4.03. The lowest BCUT2D eigenvalue weighted by molar-refractivity contribution is -0.137. The van der Waals surface area contributed by atoms with Crippen LogP contribution >= 0.6 is 0 Å². The minimum Gasteiger partial charge on any atom is -0.496 e. The molecule has 0 aliphatic carbocycles. The van der Waals surface area contributed by atoms with Crippen molar-refractivity contribution in [3.05, 3.63) is 65.2 Å². The van der Waals surface area contributed by atoms with Crippen LogP contribution < -0.4 is 4.74 Å². The normalized spacial score (nSPS) is 16.6. The highest BCUT2D eigenvalue weighted by atomic mass is 19.4. The van der Waals surface area contributed by atoms with Gasteiger partial charge in [0.2, 0.25) is 0 Å². The number of ether oxygens (including phenoxy) is 1. The van der Waals surface area contributed by atoms with Gasteiger partial charge in [0, 0.05) is 44.8 Å². The van der Waals surface area contributed by atoms with Gasteiger partial charge < -0.3 is 4.74 Å². The highest BCUT2D eigenvalue weighted by molar-refractivity contribution is 5.33. The molecule has 6 heteroatoms. The van der Waals surface area contributed by atoms with Crippen molar-refractivity contribution in [3.8, 4) is 5.75 Å². The summed E-state index contributed by atoms with van der Waals surface area (Å²) in [4.78, 5) is 4.66. The van der Waals surface area contributed by atoms with Crippen molar-refractivity contribution in [1.29, 1.82) is 0 Å². The fourth-order valence-corrected chi connectivity index (χ4v) is 3.24. The lowest BCUT2D eigenvalue weighted by Gasteiger charge is -2.35. The minimum atomic E-state index is -4.28. The summed E-state index contributed by atoms with van der Waals surface area (Å²) in [6.07, 6.45) is -4.28. The summed E-state index contributed by atoms with van der Waals surface area (Å²) >= 11 is 0. The molecule has 0 bridgehead atoms. The molecule has 0 amide bonds. The monoisotopic (exact) mass is 364 g/mol. The average molecular weight is 364 g/mol. The number of rotatable bonds is 5. The molecule has 0 radical (unpaired) electrons. The van der Waals surface area contributed by atoms with Gasteiger partial charge in [0.25, 0.3) is 0 Å². The van der Waals surface area contributed by atoms with E-state index in [9.17, 15) is 13.2 Å². The molecule has 140 valence electrons. The summed E-state index contributed by atoms with van der Waals surface area (Å²) in [5.74, 6) is 0.902. The van der Waals surface area contributed by atoms with Gasteiger partial charge in [0.15, 0.2) is 0 Å². The maximum absolute atomic E-state index is 12.6. The van der Waals surface area contributed by atoms with Gasteiger partial charge in [0.05, 0.1) is 12.7 Å². The quantitative estimate of drug-likeness (QED) is 0.797. The number of halogens is 3. The predicted molar refractivity (Wildman–Crippen MR) is 95.0 cm³/mol. The van der Waals surface area contributed by atoms with E-state index in [4.69, 9.17) is 4.74 Å². The molecule has 3 rings (SSSR count). The summed E-state index contributed by atoms with van der Waals surface area (Å²) in [5, 5.41) is 0. The van der Waals surface area contributed by atoms with Crippen molar-refractivity contribution in [2.45, 2.75) is 19.3 Å². The van der Waals surface area contributed by atoms with Gasteiger partial charge in [-0.1, -0.05) is 30.3 Å². The third kappa shape index (κ3) is 4.77. The van der Waals surface area contributed by atoms with Gasteiger partial charge in [-0.15, -0.1) is 0 Å². The molecule has 1 aliphatic heterocycles. The summed E-state index contributed by atoms with van der Waals surface area (Å²) in [6.45, 7) is 5.18. The summed E-state index contributed by atoms with van der Waals surface area (Å²) < 4.78 is 43.3. The van der Waals surface area contributed by atoms with Crippen LogP contribution in [0.2, 0.25) is 0 Å². The zero-order valence-electron chi connectivity index (χ0n) is 14.8. The van der Waals surface area contributed by atoms with Crippen molar-refractivity contribution in [1.82, 2.24) is 9.80 Å². The second kappa shape index (κ2) is 8.10. The Bertz CT molecular complexity index is 708. The molecule has 0 N–H and O–H groups in total. The van der Waals surface area contributed by atoms with Crippen molar-refractivity contribution < 1.29 is 17.9 Å². The Kier molecular flexibility index (Phi) is 5.84. The highest BCUT2D eigenvalue weighted by Crippen LogP contribution is 2.29. The summed E-state index contributed by atoms with van der Waals surface area (Å²) in [6, 6.07) is 13.5. The van der Waals surface area contributed by atoms with Gasteiger partial charge in [-0.2, -0.15) is 13.2 Å². The molecule has 1 aliphatic rings. The van der Waals surface area contributed by atoms with Crippen LogP contribution in [0.5, 0.6) is 5.75 Å². The van der Waals surface area contributed by atoms with Gasteiger partial charge in [0.1, 0.15) is 5.75 Å². The molecule has 1 heterocycles. The Balaban J connectivity index is 1.51. The number of para-hydroxylation sites is 1. The molecular weight excluding hydrogens is 341 g/mol.